The Bertz CT molecular complexity index is 627. The lowest BCUT2D eigenvalue weighted by molar-refractivity contribution is -0.394. The van der Waals surface area contributed by atoms with Crippen molar-refractivity contribution in [1.29, 1.82) is 0 Å². The van der Waals surface area contributed by atoms with Gasteiger partial charge in [0.25, 0.3) is 5.69 Å². The standard InChI is InChI=1S/C9H10N6O6/c1-21-7-3-2-6(14(17)18)5(8(7)15(19)20)4-11-12-9(10)13-16/h2-4,16H,1H3,(H3,10,12,13)/b11-4+. The summed E-state index contributed by atoms with van der Waals surface area (Å²) in [4.78, 5) is 20.3. The zero-order valence-corrected chi connectivity index (χ0v) is 10.6. The molecule has 0 spiro atoms. The minimum atomic E-state index is -0.843. The third-order valence-electron chi connectivity index (χ3n) is 2.22. The Morgan fingerprint density at radius 3 is 2.57 bits per heavy atom. The van der Waals surface area contributed by atoms with Gasteiger partial charge in [-0.05, 0) is 6.07 Å². The van der Waals surface area contributed by atoms with Crippen LogP contribution in [0.15, 0.2) is 22.3 Å². The van der Waals surface area contributed by atoms with Crippen LogP contribution in [0.5, 0.6) is 5.75 Å². The molecule has 0 saturated carbocycles. The summed E-state index contributed by atoms with van der Waals surface area (Å²) in [6.07, 6.45) is 0.767. The third-order valence-corrected chi connectivity index (χ3v) is 2.22. The predicted octanol–water partition coefficient (Wildman–Crippen LogP) is 0.139. The predicted molar refractivity (Wildman–Crippen MR) is 70.4 cm³/mol. The van der Waals surface area contributed by atoms with E-state index in [1.807, 2.05) is 0 Å². The molecular weight excluding hydrogens is 288 g/mol. The molecule has 0 bridgehead atoms. The van der Waals surface area contributed by atoms with Crippen LogP contribution < -0.4 is 16.0 Å². The summed E-state index contributed by atoms with van der Waals surface area (Å²) >= 11 is 0. The van der Waals surface area contributed by atoms with E-state index in [9.17, 15) is 20.2 Å². The summed E-state index contributed by atoms with van der Waals surface area (Å²) < 4.78 is 4.79. The SMILES string of the molecule is COc1ccc([N+](=O)[O-])c(/C=N/N=C(\N)NO)c1[N+](=O)[O-]. The summed E-state index contributed by atoms with van der Waals surface area (Å²) in [5, 5.41) is 36.9. The third kappa shape index (κ3) is 3.60. The van der Waals surface area contributed by atoms with E-state index < -0.39 is 32.7 Å². The first-order valence-electron chi connectivity index (χ1n) is 5.18. The monoisotopic (exact) mass is 298 g/mol. The molecule has 0 heterocycles. The lowest BCUT2D eigenvalue weighted by atomic mass is 10.1. The second kappa shape index (κ2) is 6.76. The summed E-state index contributed by atoms with van der Waals surface area (Å²) in [5.41, 5.74) is 4.93. The molecule has 0 aliphatic carbocycles. The highest BCUT2D eigenvalue weighted by atomic mass is 16.6. The number of guanidine groups is 1. The van der Waals surface area contributed by atoms with Crippen molar-refractivity contribution in [3.63, 3.8) is 0 Å². The van der Waals surface area contributed by atoms with Crippen molar-refractivity contribution in [2.24, 2.45) is 15.9 Å². The number of nitro groups is 2. The Hall–Kier alpha value is -3.28. The molecule has 0 unspecified atom stereocenters. The second-order valence-electron chi connectivity index (χ2n) is 3.41. The Balaban J connectivity index is 3.50. The molecule has 0 amide bonds. The normalized spacial score (nSPS) is 11.4. The molecule has 0 aliphatic heterocycles. The van der Waals surface area contributed by atoms with E-state index in [0.717, 1.165) is 18.3 Å². The van der Waals surface area contributed by atoms with E-state index in [2.05, 4.69) is 10.2 Å². The number of hydroxylamine groups is 1. The molecule has 0 atom stereocenters. The fourth-order valence-electron chi connectivity index (χ4n) is 1.39. The summed E-state index contributed by atoms with van der Waals surface area (Å²) in [7, 11) is 1.18. The Kier molecular flexibility index (Phi) is 5.08. The van der Waals surface area contributed by atoms with Gasteiger partial charge in [0.05, 0.1) is 23.2 Å². The number of benzene rings is 1. The van der Waals surface area contributed by atoms with Gasteiger partial charge in [-0.25, -0.2) is 5.48 Å². The Morgan fingerprint density at radius 2 is 2.10 bits per heavy atom. The second-order valence-corrected chi connectivity index (χ2v) is 3.41. The van der Waals surface area contributed by atoms with Gasteiger partial charge in [-0.3, -0.25) is 25.4 Å². The maximum atomic E-state index is 11.1. The van der Waals surface area contributed by atoms with Gasteiger partial charge in [0, 0.05) is 6.07 Å². The lowest BCUT2D eigenvalue weighted by Crippen LogP contribution is -2.27. The highest BCUT2D eigenvalue weighted by Crippen LogP contribution is 2.35. The van der Waals surface area contributed by atoms with Crippen LogP contribution in [-0.2, 0) is 0 Å². The zero-order valence-electron chi connectivity index (χ0n) is 10.6. The first-order valence-corrected chi connectivity index (χ1v) is 5.18. The molecule has 4 N–H and O–H groups in total. The van der Waals surface area contributed by atoms with Gasteiger partial charge in [-0.1, -0.05) is 0 Å². The largest absolute Gasteiger partial charge is 0.490 e. The maximum Gasteiger partial charge on any atom is 0.326 e. The fraction of sp³-hybridized carbons (Fsp3) is 0.111. The van der Waals surface area contributed by atoms with Crippen LogP contribution in [0, 0.1) is 20.2 Å². The molecule has 0 fully saturated rings. The van der Waals surface area contributed by atoms with Crippen LogP contribution in [0.1, 0.15) is 5.56 Å². The van der Waals surface area contributed by atoms with Gasteiger partial charge >= 0.3 is 5.69 Å². The average molecular weight is 298 g/mol. The number of nitrogens with zero attached hydrogens (tertiary/aromatic N) is 4. The van der Waals surface area contributed by atoms with Crippen molar-refractivity contribution in [2.75, 3.05) is 7.11 Å². The molecule has 12 nitrogen and oxygen atoms in total. The van der Waals surface area contributed by atoms with Crippen molar-refractivity contribution in [3.8, 4) is 5.75 Å². The Labute approximate surface area is 116 Å². The van der Waals surface area contributed by atoms with Gasteiger partial charge in [-0.2, -0.15) is 5.10 Å². The van der Waals surface area contributed by atoms with E-state index in [1.54, 1.807) is 0 Å². The molecule has 1 aromatic carbocycles. The van der Waals surface area contributed by atoms with Crippen molar-refractivity contribution < 1.29 is 19.8 Å². The molecule has 0 saturated heterocycles. The number of ether oxygens (including phenoxy) is 1. The number of hydrogen-bond acceptors (Lipinski definition) is 8. The summed E-state index contributed by atoms with van der Waals surface area (Å²) in [6, 6.07) is 2.13. The fourth-order valence-corrected chi connectivity index (χ4v) is 1.39. The number of nitrogens with two attached hydrogens (primary N) is 1. The minimum absolute atomic E-state index is 0.177. The zero-order chi connectivity index (χ0) is 16.0. The maximum absolute atomic E-state index is 11.1. The molecule has 0 aliphatic rings. The highest BCUT2D eigenvalue weighted by Gasteiger charge is 2.28. The van der Waals surface area contributed by atoms with E-state index in [4.69, 9.17) is 15.7 Å². The van der Waals surface area contributed by atoms with Crippen molar-refractivity contribution in [1.82, 2.24) is 5.48 Å². The highest BCUT2D eigenvalue weighted by molar-refractivity contribution is 5.93. The first kappa shape index (κ1) is 15.8. The van der Waals surface area contributed by atoms with Crippen LogP contribution in [-0.4, -0.2) is 34.3 Å². The quantitative estimate of drug-likeness (QED) is 0.297. The van der Waals surface area contributed by atoms with E-state index >= 15 is 0 Å². The average Bonchev–Trinajstić information content (AvgIpc) is 2.45. The van der Waals surface area contributed by atoms with Gasteiger partial charge in [-0.15, -0.1) is 5.10 Å². The van der Waals surface area contributed by atoms with Crippen molar-refractivity contribution in [2.45, 2.75) is 0 Å². The molecule has 12 heteroatoms. The molecule has 1 rings (SSSR count). The smallest absolute Gasteiger partial charge is 0.326 e. The van der Waals surface area contributed by atoms with Crippen LogP contribution in [0.2, 0.25) is 0 Å². The number of rotatable bonds is 5. The molecule has 0 radical (unpaired) electrons. The molecule has 1 aromatic rings. The number of methoxy groups -OCH3 is 1. The number of nitrogens with one attached hydrogen (secondary N) is 1. The van der Waals surface area contributed by atoms with Crippen molar-refractivity contribution in [3.05, 3.63) is 37.9 Å². The van der Waals surface area contributed by atoms with Gasteiger partial charge in [0.2, 0.25) is 5.96 Å². The van der Waals surface area contributed by atoms with E-state index in [1.165, 1.54) is 12.6 Å². The van der Waals surface area contributed by atoms with Crippen LogP contribution in [0.3, 0.4) is 0 Å². The van der Waals surface area contributed by atoms with Gasteiger partial charge < -0.3 is 10.5 Å². The summed E-state index contributed by atoms with van der Waals surface area (Å²) in [6.45, 7) is 0. The van der Waals surface area contributed by atoms with Crippen LogP contribution in [0.25, 0.3) is 0 Å². The number of hydrogen-bond donors (Lipinski definition) is 3. The van der Waals surface area contributed by atoms with E-state index in [-0.39, 0.29) is 5.75 Å². The first-order chi connectivity index (χ1) is 9.92. The topological polar surface area (TPSA) is 179 Å². The van der Waals surface area contributed by atoms with E-state index in [0.29, 0.717) is 0 Å². The lowest BCUT2D eigenvalue weighted by Gasteiger charge is -2.04. The van der Waals surface area contributed by atoms with Gasteiger partial charge in [0.1, 0.15) is 0 Å². The molecule has 112 valence electrons. The van der Waals surface area contributed by atoms with Crippen molar-refractivity contribution >= 4 is 23.5 Å². The Morgan fingerprint density at radius 1 is 1.43 bits per heavy atom. The molecule has 0 aromatic heterocycles. The van der Waals surface area contributed by atoms with Crippen LogP contribution >= 0.6 is 0 Å². The molecular formula is C9H10N6O6. The molecule has 21 heavy (non-hydrogen) atoms. The van der Waals surface area contributed by atoms with Crippen LogP contribution in [0.4, 0.5) is 11.4 Å². The number of nitro benzene ring substituents is 2. The summed E-state index contributed by atoms with van der Waals surface area (Å²) in [5.74, 6) is -0.677. The minimum Gasteiger partial charge on any atom is -0.490 e. The van der Waals surface area contributed by atoms with Gasteiger partial charge in [0.15, 0.2) is 11.3 Å².